The Morgan fingerprint density at radius 1 is 1.06 bits per heavy atom. The molecule has 0 N–H and O–H groups in total. The Kier molecular flexibility index (Phi) is 2.33. The Bertz CT molecular complexity index is 501. The van der Waals surface area contributed by atoms with Crippen molar-refractivity contribution in [3.63, 3.8) is 0 Å². The lowest BCUT2D eigenvalue weighted by Gasteiger charge is -2.20. The van der Waals surface area contributed by atoms with Gasteiger partial charge in [-0.15, -0.1) is 0 Å². The van der Waals surface area contributed by atoms with Crippen molar-refractivity contribution < 1.29 is 0 Å². The van der Waals surface area contributed by atoms with E-state index in [9.17, 15) is 0 Å². The van der Waals surface area contributed by atoms with Gasteiger partial charge in [0.25, 0.3) is 0 Å². The zero-order chi connectivity index (χ0) is 11.9. The van der Waals surface area contributed by atoms with E-state index in [4.69, 9.17) is 0 Å². The first kappa shape index (κ1) is 10.9. The van der Waals surface area contributed by atoms with E-state index in [1.165, 1.54) is 5.69 Å². The van der Waals surface area contributed by atoms with E-state index >= 15 is 0 Å². The van der Waals surface area contributed by atoms with Crippen LogP contribution in [0.15, 0.2) is 12.5 Å². The van der Waals surface area contributed by atoms with Gasteiger partial charge in [0.2, 0.25) is 0 Å². The van der Waals surface area contributed by atoms with Crippen molar-refractivity contribution in [1.29, 1.82) is 0 Å². The molecule has 0 unspecified atom stereocenters. The second-order valence-electron chi connectivity index (χ2n) is 4.99. The molecule has 16 heavy (non-hydrogen) atoms. The minimum atomic E-state index is 0.0343. The molecule has 0 amide bonds. The van der Waals surface area contributed by atoms with Crippen LogP contribution >= 0.6 is 0 Å². The van der Waals surface area contributed by atoms with Crippen LogP contribution in [0.25, 0.3) is 11.4 Å². The SMILES string of the molecule is Cn1ncnc1-c1cnn(C)c1C(C)(C)C. The molecule has 0 atom stereocenters. The Labute approximate surface area is 95.1 Å². The molecule has 0 aromatic carbocycles. The van der Waals surface area contributed by atoms with Gasteiger partial charge in [-0.1, -0.05) is 20.8 Å². The van der Waals surface area contributed by atoms with Crippen LogP contribution in [0.1, 0.15) is 26.5 Å². The highest BCUT2D eigenvalue weighted by molar-refractivity contribution is 5.59. The minimum Gasteiger partial charge on any atom is -0.271 e. The average molecular weight is 219 g/mol. The van der Waals surface area contributed by atoms with Gasteiger partial charge >= 0.3 is 0 Å². The monoisotopic (exact) mass is 219 g/mol. The van der Waals surface area contributed by atoms with E-state index in [1.54, 1.807) is 11.0 Å². The van der Waals surface area contributed by atoms with Crippen LogP contribution in [0.3, 0.4) is 0 Å². The molecule has 86 valence electrons. The van der Waals surface area contributed by atoms with Crippen molar-refractivity contribution in [2.45, 2.75) is 26.2 Å². The molecule has 2 aromatic heterocycles. The highest BCUT2D eigenvalue weighted by Crippen LogP contribution is 2.30. The van der Waals surface area contributed by atoms with Crippen LogP contribution in [0, 0.1) is 0 Å². The van der Waals surface area contributed by atoms with E-state index in [1.807, 2.05) is 25.0 Å². The van der Waals surface area contributed by atoms with Gasteiger partial charge in [-0.05, 0) is 0 Å². The topological polar surface area (TPSA) is 48.5 Å². The summed E-state index contributed by atoms with van der Waals surface area (Å²) in [6.45, 7) is 6.51. The zero-order valence-electron chi connectivity index (χ0n) is 10.4. The molecule has 2 aromatic rings. The molecule has 0 bridgehead atoms. The summed E-state index contributed by atoms with van der Waals surface area (Å²) in [5.41, 5.74) is 2.26. The quantitative estimate of drug-likeness (QED) is 0.730. The Morgan fingerprint density at radius 3 is 2.25 bits per heavy atom. The number of hydrogen-bond donors (Lipinski definition) is 0. The molecule has 0 fully saturated rings. The smallest absolute Gasteiger partial charge is 0.161 e. The summed E-state index contributed by atoms with van der Waals surface area (Å²) >= 11 is 0. The largest absolute Gasteiger partial charge is 0.271 e. The predicted molar refractivity (Wildman–Crippen MR) is 61.9 cm³/mol. The average Bonchev–Trinajstić information content (AvgIpc) is 2.69. The lowest BCUT2D eigenvalue weighted by molar-refractivity contribution is 0.524. The van der Waals surface area contributed by atoms with Gasteiger partial charge in [-0.3, -0.25) is 4.68 Å². The van der Waals surface area contributed by atoms with Crippen molar-refractivity contribution in [3.05, 3.63) is 18.2 Å². The van der Waals surface area contributed by atoms with Crippen molar-refractivity contribution in [2.75, 3.05) is 0 Å². The van der Waals surface area contributed by atoms with Gasteiger partial charge < -0.3 is 0 Å². The van der Waals surface area contributed by atoms with Crippen molar-refractivity contribution in [2.24, 2.45) is 14.1 Å². The fourth-order valence-corrected chi connectivity index (χ4v) is 2.03. The van der Waals surface area contributed by atoms with Crippen LogP contribution in [-0.2, 0) is 19.5 Å². The first-order valence-corrected chi connectivity index (χ1v) is 5.28. The Morgan fingerprint density at radius 2 is 1.75 bits per heavy atom. The van der Waals surface area contributed by atoms with Gasteiger partial charge in [0.1, 0.15) is 6.33 Å². The summed E-state index contributed by atoms with van der Waals surface area (Å²) in [7, 11) is 3.85. The lowest BCUT2D eigenvalue weighted by Crippen LogP contribution is -2.18. The maximum absolute atomic E-state index is 4.32. The molecule has 0 aliphatic heterocycles. The molecule has 0 spiro atoms. The summed E-state index contributed by atoms with van der Waals surface area (Å²) in [5.74, 6) is 0.859. The van der Waals surface area contributed by atoms with Gasteiger partial charge in [0, 0.05) is 19.5 Å². The maximum Gasteiger partial charge on any atom is 0.161 e. The molecular weight excluding hydrogens is 202 g/mol. The lowest BCUT2D eigenvalue weighted by atomic mass is 9.89. The van der Waals surface area contributed by atoms with E-state index < -0.39 is 0 Å². The van der Waals surface area contributed by atoms with Gasteiger partial charge in [-0.2, -0.15) is 10.2 Å². The van der Waals surface area contributed by atoms with Gasteiger partial charge in [0.15, 0.2) is 5.82 Å². The third-order valence-corrected chi connectivity index (χ3v) is 2.60. The first-order chi connectivity index (χ1) is 7.41. The summed E-state index contributed by atoms with van der Waals surface area (Å²) < 4.78 is 3.68. The molecule has 0 radical (unpaired) electrons. The molecule has 5 nitrogen and oxygen atoms in total. The van der Waals surface area contributed by atoms with E-state index in [0.29, 0.717) is 0 Å². The number of aromatic nitrogens is 5. The summed E-state index contributed by atoms with van der Waals surface area (Å²) in [6.07, 6.45) is 3.42. The minimum absolute atomic E-state index is 0.0343. The van der Waals surface area contributed by atoms with Crippen LogP contribution in [-0.4, -0.2) is 24.5 Å². The van der Waals surface area contributed by atoms with E-state index in [-0.39, 0.29) is 5.41 Å². The van der Waals surface area contributed by atoms with Crippen molar-refractivity contribution in [3.8, 4) is 11.4 Å². The second-order valence-corrected chi connectivity index (χ2v) is 4.99. The first-order valence-electron chi connectivity index (χ1n) is 5.28. The van der Waals surface area contributed by atoms with Crippen LogP contribution < -0.4 is 0 Å². The fourth-order valence-electron chi connectivity index (χ4n) is 2.03. The summed E-state index contributed by atoms with van der Waals surface area (Å²) in [4.78, 5) is 4.27. The maximum atomic E-state index is 4.32. The van der Waals surface area contributed by atoms with Gasteiger partial charge in [-0.25, -0.2) is 9.67 Å². The van der Waals surface area contributed by atoms with Crippen LogP contribution in [0.2, 0.25) is 0 Å². The number of aryl methyl sites for hydroxylation is 2. The normalized spacial score (nSPS) is 12.1. The second kappa shape index (κ2) is 3.43. The molecule has 0 aliphatic rings. The fraction of sp³-hybridized carbons (Fsp3) is 0.545. The Hall–Kier alpha value is -1.65. The molecule has 2 heterocycles. The highest BCUT2D eigenvalue weighted by Gasteiger charge is 2.25. The molecule has 2 rings (SSSR count). The van der Waals surface area contributed by atoms with Crippen molar-refractivity contribution >= 4 is 0 Å². The molecule has 5 heteroatoms. The molecule has 0 aliphatic carbocycles. The number of nitrogens with zero attached hydrogens (tertiary/aromatic N) is 5. The van der Waals surface area contributed by atoms with Crippen molar-refractivity contribution in [1.82, 2.24) is 24.5 Å². The third-order valence-electron chi connectivity index (χ3n) is 2.60. The predicted octanol–water partition coefficient (Wildman–Crippen LogP) is 1.51. The number of rotatable bonds is 1. The highest BCUT2D eigenvalue weighted by atomic mass is 15.3. The molecule has 0 saturated heterocycles. The molecular formula is C11H17N5. The third kappa shape index (κ3) is 1.62. The summed E-state index contributed by atoms with van der Waals surface area (Å²) in [6, 6.07) is 0. The Balaban J connectivity index is 2.64. The van der Waals surface area contributed by atoms with Gasteiger partial charge in [0.05, 0.1) is 17.5 Å². The molecule has 0 saturated carbocycles. The zero-order valence-corrected chi connectivity index (χ0v) is 10.4. The van der Waals surface area contributed by atoms with E-state index in [2.05, 4.69) is 36.0 Å². The van der Waals surface area contributed by atoms with E-state index in [0.717, 1.165) is 11.4 Å². The summed E-state index contributed by atoms with van der Waals surface area (Å²) in [5, 5.41) is 8.41. The van der Waals surface area contributed by atoms with Crippen LogP contribution in [0.4, 0.5) is 0 Å². The standard InChI is InChI=1S/C11H17N5/c1-11(2,3)9-8(6-13-15(9)4)10-12-7-14-16(10)5/h6-7H,1-5H3. The van der Waals surface area contributed by atoms with Crippen LogP contribution in [0.5, 0.6) is 0 Å². The number of hydrogen-bond acceptors (Lipinski definition) is 3.